The zero-order valence-electron chi connectivity index (χ0n) is 12.4. The van der Waals surface area contributed by atoms with Gasteiger partial charge in [-0.2, -0.15) is 0 Å². The molecule has 0 spiro atoms. The minimum Gasteiger partial charge on any atom is -0.388 e. The number of hydrogen-bond donors (Lipinski definition) is 2. The molecule has 0 aromatic carbocycles. The lowest BCUT2D eigenvalue weighted by atomic mass is 9.85. The second-order valence-electron chi connectivity index (χ2n) is 5.84. The smallest absolute Gasteiger partial charge is 0.252 e. The Kier molecular flexibility index (Phi) is 4.20. The van der Waals surface area contributed by atoms with Crippen LogP contribution in [0.4, 0.5) is 0 Å². The van der Waals surface area contributed by atoms with Crippen molar-refractivity contribution in [3.05, 3.63) is 42.6 Å². The summed E-state index contributed by atoms with van der Waals surface area (Å²) in [6.45, 7) is 0.301. The molecule has 3 rings (SSSR count). The lowest BCUT2D eigenvalue weighted by Gasteiger charge is -2.32. The summed E-state index contributed by atoms with van der Waals surface area (Å²) in [5, 5.41) is 13.2. The molecule has 0 bridgehead atoms. The quantitative estimate of drug-likeness (QED) is 0.900. The molecule has 0 unspecified atom stereocenters. The summed E-state index contributed by atoms with van der Waals surface area (Å²) >= 11 is 0. The normalized spacial score (nSPS) is 17.1. The molecule has 2 N–H and O–H groups in total. The Hall–Kier alpha value is -2.21. The van der Waals surface area contributed by atoms with Gasteiger partial charge >= 0.3 is 0 Å². The fraction of sp³-hybridized carbons (Fsp3) is 0.438. The summed E-state index contributed by atoms with van der Waals surface area (Å²) in [5.74, 6) is 0.503. The van der Waals surface area contributed by atoms with E-state index in [2.05, 4.69) is 15.3 Å². The van der Waals surface area contributed by atoms with Crippen molar-refractivity contribution in [3.8, 4) is 5.82 Å². The Morgan fingerprint density at radius 1 is 1.32 bits per heavy atom. The van der Waals surface area contributed by atoms with Crippen molar-refractivity contribution < 1.29 is 9.90 Å². The number of pyridine rings is 1. The molecule has 6 heteroatoms. The fourth-order valence-electron chi connectivity index (χ4n) is 2.80. The van der Waals surface area contributed by atoms with Crippen molar-refractivity contribution in [2.75, 3.05) is 6.54 Å². The number of hydrogen-bond acceptors (Lipinski definition) is 4. The van der Waals surface area contributed by atoms with Gasteiger partial charge in [-0.25, -0.2) is 9.97 Å². The first-order valence-corrected chi connectivity index (χ1v) is 7.61. The van der Waals surface area contributed by atoms with Gasteiger partial charge in [-0.05, 0) is 25.0 Å². The summed E-state index contributed by atoms with van der Waals surface area (Å²) in [5.41, 5.74) is -0.263. The van der Waals surface area contributed by atoms with Gasteiger partial charge < -0.3 is 10.4 Å². The van der Waals surface area contributed by atoms with E-state index in [-0.39, 0.29) is 5.91 Å². The van der Waals surface area contributed by atoms with Crippen LogP contribution < -0.4 is 5.32 Å². The van der Waals surface area contributed by atoms with E-state index in [1.165, 1.54) is 6.20 Å². The Morgan fingerprint density at radius 3 is 2.77 bits per heavy atom. The van der Waals surface area contributed by atoms with Crippen LogP contribution in [0.2, 0.25) is 0 Å². The molecule has 0 radical (unpaired) electrons. The topological polar surface area (TPSA) is 80.0 Å². The Morgan fingerprint density at radius 2 is 2.14 bits per heavy atom. The van der Waals surface area contributed by atoms with E-state index in [4.69, 9.17) is 0 Å². The number of imidazole rings is 1. The maximum Gasteiger partial charge on any atom is 0.252 e. The highest BCUT2D eigenvalue weighted by atomic mass is 16.3. The van der Waals surface area contributed by atoms with E-state index < -0.39 is 5.60 Å². The lowest BCUT2D eigenvalue weighted by Crippen LogP contribution is -2.44. The van der Waals surface area contributed by atoms with E-state index >= 15 is 0 Å². The molecule has 1 fully saturated rings. The highest BCUT2D eigenvalue weighted by Crippen LogP contribution is 2.27. The van der Waals surface area contributed by atoms with Crippen LogP contribution in [0.15, 0.2) is 37.1 Å². The maximum atomic E-state index is 12.1. The standard InChI is InChI=1S/C16H20N4O2/c21-15(19-11-16(22)6-2-1-3-7-16)13-4-5-14(18-10-13)20-9-8-17-12-20/h4-5,8-10,12,22H,1-3,6-7,11H2,(H,19,21). The van der Waals surface area contributed by atoms with Crippen LogP contribution >= 0.6 is 0 Å². The zero-order valence-corrected chi connectivity index (χ0v) is 12.4. The van der Waals surface area contributed by atoms with Crippen LogP contribution in [0.25, 0.3) is 5.82 Å². The number of aliphatic hydroxyl groups is 1. The van der Waals surface area contributed by atoms with Crippen molar-refractivity contribution in [2.24, 2.45) is 0 Å². The average molecular weight is 300 g/mol. The number of carbonyl (C=O) groups excluding carboxylic acids is 1. The molecule has 1 aliphatic rings. The molecule has 0 atom stereocenters. The molecule has 1 amide bonds. The summed E-state index contributed by atoms with van der Waals surface area (Å²) in [6.07, 6.45) is 11.4. The number of carbonyl (C=O) groups is 1. The van der Waals surface area contributed by atoms with E-state index in [1.54, 1.807) is 35.4 Å². The van der Waals surface area contributed by atoms with Gasteiger partial charge in [0, 0.05) is 25.1 Å². The van der Waals surface area contributed by atoms with Crippen molar-refractivity contribution in [1.29, 1.82) is 0 Å². The molecular weight excluding hydrogens is 280 g/mol. The third-order valence-corrected chi connectivity index (χ3v) is 4.14. The first kappa shape index (κ1) is 14.7. The van der Waals surface area contributed by atoms with Crippen molar-refractivity contribution in [1.82, 2.24) is 19.9 Å². The predicted octanol–water partition coefficient (Wildman–Crippen LogP) is 1.69. The van der Waals surface area contributed by atoms with Crippen LogP contribution in [-0.4, -0.2) is 37.7 Å². The van der Waals surface area contributed by atoms with Gasteiger partial charge in [0.1, 0.15) is 12.1 Å². The van der Waals surface area contributed by atoms with E-state index in [9.17, 15) is 9.90 Å². The molecule has 2 aromatic rings. The molecule has 0 aliphatic heterocycles. The molecule has 1 aliphatic carbocycles. The number of amides is 1. The third kappa shape index (κ3) is 3.33. The van der Waals surface area contributed by atoms with Gasteiger partial charge in [0.05, 0.1) is 11.2 Å². The number of aromatic nitrogens is 3. The molecular formula is C16H20N4O2. The van der Waals surface area contributed by atoms with Crippen LogP contribution in [0.5, 0.6) is 0 Å². The predicted molar refractivity (Wildman–Crippen MR) is 81.7 cm³/mol. The van der Waals surface area contributed by atoms with Gasteiger partial charge in [-0.15, -0.1) is 0 Å². The molecule has 116 valence electrons. The van der Waals surface area contributed by atoms with Crippen molar-refractivity contribution in [2.45, 2.75) is 37.7 Å². The number of nitrogens with zero attached hydrogens (tertiary/aromatic N) is 3. The molecule has 6 nitrogen and oxygen atoms in total. The largest absolute Gasteiger partial charge is 0.388 e. The van der Waals surface area contributed by atoms with Gasteiger partial charge in [-0.1, -0.05) is 19.3 Å². The van der Waals surface area contributed by atoms with Gasteiger partial charge in [0.2, 0.25) is 0 Å². The Bertz CT molecular complexity index is 616. The lowest BCUT2D eigenvalue weighted by molar-refractivity contribution is 0.00525. The SMILES string of the molecule is O=C(NCC1(O)CCCCC1)c1ccc(-n2ccnc2)nc1. The molecule has 22 heavy (non-hydrogen) atoms. The maximum absolute atomic E-state index is 12.1. The number of nitrogens with one attached hydrogen (secondary N) is 1. The van der Waals surface area contributed by atoms with E-state index in [0.717, 1.165) is 32.1 Å². The van der Waals surface area contributed by atoms with Crippen LogP contribution in [0, 0.1) is 0 Å². The summed E-state index contributed by atoms with van der Waals surface area (Å²) in [7, 11) is 0. The van der Waals surface area contributed by atoms with Gasteiger partial charge in [0.25, 0.3) is 5.91 Å². The van der Waals surface area contributed by atoms with Gasteiger partial charge in [-0.3, -0.25) is 9.36 Å². The Labute approximate surface area is 129 Å². The van der Waals surface area contributed by atoms with E-state index in [1.807, 2.05) is 0 Å². The average Bonchev–Trinajstić information content (AvgIpc) is 3.08. The third-order valence-electron chi connectivity index (χ3n) is 4.14. The Balaban J connectivity index is 1.60. The monoisotopic (exact) mass is 300 g/mol. The highest BCUT2D eigenvalue weighted by Gasteiger charge is 2.29. The van der Waals surface area contributed by atoms with Crippen LogP contribution in [-0.2, 0) is 0 Å². The second-order valence-corrected chi connectivity index (χ2v) is 5.84. The van der Waals surface area contributed by atoms with Crippen LogP contribution in [0.3, 0.4) is 0 Å². The molecule has 0 saturated heterocycles. The van der Waals surface area contributed by atoms with Gasteiger partial charge in [0.15, 0.2) is 0 Å². The number of rotatable bonds is 4. The summed E-state index contributed by atoms with van der Waals surface area (Å²) in [6, 6.07) is 3.49. The molecule has 1 saturated carbocycles. The van der Waals surface area contributed by atoms with Crippen molar-refractivity contribution in [3.63, 3.8) is 0 Å². The molecule has 2 heterocycles. The van der Waals surface area contributed by atoms with Crippen LogP contribution in [0.1, 0.15) is 42.5 Å². The minimum absolute atomic E-state index is 0.205. The second kappa shape index (κ2) is 6.27. The first-order chi connectivity index (χ1) is 10.7. The fourth-order valence-corrected chi connectivity index (χ4v) is 2.80. The van der Waals surface area contributed by atoms with Crippen molar-refractivity contribution >= 4 is 5.91 Å². The van der Waals surface area contributed by atoms with E-state index in [0.29, 0.717) is 17.9 Å². The summed E-state index contributed by atoms with van der Waals surface area (Å²) < 4.78 is 1.77. The molecule has 2 aromatic heterocycles. The minimum atomic E-state index is -0.752. The first-order valence-electron chi connectivity index (χ1n) is 7.61. The highest BCUT2D eigenvalue weighted by molar-refractivity contribution is 5.93. The summed E-state index contributed by atoms with van der Waals surface area (Å²) in [4.78, 5) is 20.4. The zero-order chi connectivity index (χ0) is 15.4.